The van der Waals surface area contributed by atoms with Crippen LogP contribution in [0.25, 0.3) is 0 Å². The number of aliphatic hydroxyl groups excluding tert-OH is 1. The van der Waals surface area contributed by atoms with Crippen molar-refractivity contribution in [2.45, 2.75) is 44.2 Å². The molecule has 0 spiro atoms. The highest BCUT2D eigenvalue weighted by molar-refractivity contribution is 5.44. The van der Waals surface area contributed by atoms with Gasteiger partial charge in [-0.05, 0) is 24.8 Å². The summed E-state index contributed by atoms with van der Waals surface area (Å²) in [5.74, 6) is 0.398. The maximum absolute atomic E-state index is 14.2. The van der Waals surface area contributed by atoms with Crippen molar-refractivity contribution in [2.75, 3.05) is 14.2 Å². The van der Waals surface area contributed by atoms with Crippen molar-refractivity contribution in [1.82, 2.24) is 0 Å². The number of aliphatic hydroxyl groups is 1. The second kappa shape index (κ2) is 7.09. The molecule has 0 amide bonds. The van der Waals surface area contributed by atoms with E-state index in [1.54, 1.807) is 0 Å². The fraction of sp³-hybridized carbons (Fsp3) is 0.625. The Hall–Kier alpha value is -1.33. The molecule has 5 heteroatoms. The van der Waals surface area contributed by atoms with Gasteiger partial charge in [-0.25, -0.2) is 4.39 Å². The second-order valence-electron chi connectivity index (χ2n) is 5.64. The predicted molar refractivity (Wildman–Crippen MR) is 79.0 cm³/mol. The van der Waals surface area contributed by atoms with E-state index in [4.69, 9.17) is 15.2 Å². The number of hydrogen-bond acceptors (Lipinski definition) is 4. The minimum Gasteiger partial charge on any atom is -0.493 e. The summed E-state index contributed by atoms with van der Waals surface area (Å²) < 4.78 is 24.4. The molecule has 0 heterocycles. The Morgan fingerprint density at radius 3 is 2.29 bits per heavy atom. The van der Waals surface area contributed by atoms with Crippen LogP contribution in [-0.2, 0) is 0 Å². The molecule has 0 bridgehead atoms. The third kappa shape index (κ3) is 3.47. The highest BCUT2D eigenvalue weighted by atomic mass is 19.1. The fourth-order valence-electron chi connectivity index (χ4n) is 3.08. The van der Waals surface area contributed by atoms with Crippen molar-refractivity contribution in [3.05, 3.63) is 23.5 Å². The third-order valence-electron chi connectivity index (χ3n) is 4.36. The van der Waals surface area contributed by atoms with Crippen LogP contribution >= 0.6 is 0 Å². The zero-order valence-corrected chi connectivity index (χ0v) is 12.6. The molecule has 3 N–H and O–H groups in total. The Morgan fingerprint density at radius 2 is 1.71 bits per heavy atom. The molecule has 1 saturated carbocycles. The molecule has 1 aliphatic carbocycles. The lowest BCUT2D eigenvalue weighted by Crippen LogP contribution is -2.34. The number of rotatable bonds is 5. The number of methoxy groups -OCH3 is 2. The van der Waals surface area contributed by atoms with Crippen molar-refractivity contribution < 1.29 is 19.0 Å². The zero-order chi connectivity index (χ0) is 15.4. The maximum atomic E-state index is 14.2. The van der Waals surface area contributed by atoms with Crippen LogP contribution in [0.2, 0.25) is 0 Å². The van der Waals surface area contributed by atoms with Crippen LogP contribution in [-0.4, -0.2) is 25.4 Å². The van der Waals surface area contributed by atoms with E-state index in [0.717, 1.165) is 25.7 Å². The summed E-state index contributed by atoms with van der Waals surface area (Å²) in [6, 6.07) is 2.01. The van der Waals surface area contributed by atoms with Gasteiger partial charge in [0.2, 0.25) is 0 Å². The van der Waals surface area contributed by atoms with Gasteiger partial charge in [-0.15, -0.1) is 0 Å². The van der Waals surface area contributed by atoms with Gasteiger partial charge in [0.1, 0.15) is 5.82 Å². The molecule has 118 valence electrons. The van der Waals surface area contributed by atoms with Crippen LogP contribution < -0.4 is 15.2 Å². The first kappa shape index (κ1) is 16.0. The Kier molecular flexibility index (Phi) is 5.42. The van der Waals surface area contributed by atoms with E-state index >= 15 is 0 Å². The molecule has 1 aliphatic rings. The Bertz CT molecular complexity index is 475. The lowest BCUT2D eigenvalue weighted by Gasteiger charge is -2.31. The van der Waals surface area contributed by atoms with Crippen LogP contribution in [0.5, 0.6) is 11.5 Å². The molecule has 1 aromatic rings. The molecule has 1 aromatic carbocycles. The highest BCUT2D eigenvalue weighted by Gasteiger charge is 2.30. The Labute approximate surface area is 125 Å². The first-order valence-electron chi connectivity index (χ1n) is 7.43. The maximum Gasteiger partial charge on any atom is 0.163 e. The largest absolute Gasteiger partial charge is 0.493 e. The molecule has 2 atom stereocenters. The molecule has 1 fully saturated rings. The number of ether oxygens (including phenoxy) is 2. The van der Waals surface area contributed by atoms with Crippen LogP contribution in [0.1, 0.15) is 43.7 Å². The van der Waals surface area contributed by atoms with Crippen molar-refractivity contribution in [2.24, 2.45) is 11.7 Å². The smallest absolute Gasteiger partial charge is 0.163 e. The lowest BCUT2D eigenvalue weighted by molar-refractivity contribution is 0.0607. The van der Waals surface area contributed by atoms with Gasteiger partial charge in [-0.1, -0.05) is 19.3 Å². The van der Waals surface area contributed by atoms with E-state index in [0.29, 0.717) is 11.5 Å². The fourth-order valence-corrected chi connectivity index (χ4v) is 3.08. The monoisotopic (exact) mass is 297 g/mol. The van der Waals surface area contributed by atoms with Gasteiger partial charge in [0.15, 0.2) is 11.5 Å². The van der Waals surface area contributed by atoms with Gasteiger partial charge in [0.25, 0.3) is 0 Å². The van der Waals surface area contributed by atoms with E-state index in [9.17, 15) is 9.50 Å². The molecule has 4 nitrogen and oxygen atoms in total. The summed E-state index contributed by atoms with van der Waals surface area (Å²) in [4.78, 5) is 0. The molecule has 0 aromatic heterocycles. The molecular formula is C16H24FNO3. The summed E-state index contributed by atoms with van der Waals surface area (Å²) in [5.41, 5.74) is 6.37. The number of halogens is 1. The number of nitrogens with two attached hydrogens (primary N) is 1. The summed E-state index contributed by atoms with van der Waals surface area (Å²) in [6.45, 7) is 0. The minimum absolute atomic E-state index is 0.140. The molecular weight excluding hydrogens is 273 g/mol. The molecule has 0 aliphatic heterocycles. The first-order valence-corrected chi connectivity index (χ1v) is 7.43. The van der Waals surface area contributed by atoms with Crippen molar-refractivity contribution in [1.29, 1.82) is 0 Å². The van der Waals surface area contributed by atoms with Gasteiger partial charge >= 0.3 is 0 Å². The van der Waals surface area contributed by atoms with Crippen molar-refractivity contribution >= 4 is 0 Å². The third-order valence-corrected chi connectivity index (χ3v) is 4.36. The number of benzene rings is 1. The van der Waals surface area contributed by atoms with Gasteiger partial charge in [-0.3, -0.25) is 0 Å². The lowest BCUT2D eigenvalue weighted by atomic mass is 9.81. The second-order valence-corrected chi connectivity index (χ2v) is 5.64. The van der Waals surface area contributed by atoms with E-state index in [2.05, 4.69) is 0 Å². The van der Waals surface area contributed by atoms with Crippen LogP contribution in [0, 0.1) is 11.7 Å². The average molecular weight is 297 g/mol. The van der Waals surface area contributed by atoms with E-state index < -0.39 is 18.0 Å². The van der Waals surface area contributed by atoms with E-state index in [-0.39, 0.29) is 11.5 Å². The summed E-state index contributed by atoms with van der Waals surface area (Å²) in [5, 5.41) is 10.4. The minimum atomic E-state index is -0.757. The molecule has 0 radical (unpaired) electrons. The van der Waals surface area contributed by atoms with Crippen molar-refractivity contribution in [3.63, 3.8) is 0 Å². The topological polar surface area (TPSA) is 64.7 Å². The summed E-state index contributed by atoms with van der Waals surface area (Å²) in [6.07, 6.45) is 4.56. The van der Waals surface area contributed by atoms with Crippen molar-refractivity contribution in [3.8, 4) is 11.5 Å². The van der Waals surface area contributed by atoms with Gasteiger partial charge in [-0.2, -0.15) is 0 Å². The predicted octanol–water partition coefficient (Wildman–Crippen LogP) is 2.78. The molecule has 0 unspecified atom stereocenters. The summed E-state index contributed by atoms with van der Waals surface area (Å²) >= 11 is 0. The van der Waals surface area contributed by atoms with E-state index in [1.807, 2.05) is 0 Å². The molecule has 21 heavy (non-hydrogen) atoms. The quantitative estimate of drug-likeness (QED) is 0.877. The SMILES string of the molecule is COc1cc(F)c([C@H](N)[C@H](O)C2CCCCC2)cc1OC. The van der Waals surface area contributed by atoms with Crippen LogP contribution in [0.15, 0.2) is 12.1 Å². The Balaban J connectivity index is 2.23. The Morgan fingerprint density at radius 1 is 1.14 bits per heavy atom. The molecule has 2 rings (SSSR count). The average Bonchev–Trinajstić information content (AvgIpc) is 2.54. The first-order chi connectivity index (χ1) is 10.1. The van der Waals surface area contributed by atoms with Crippen LogP contribution in [0.3, 0.4) is 0 Å². The van der Waals surface area contributed by atoms with Crippen LogP contribution in [0.4, 0.5) is 4.39 Å². The highest BCUT2D eigenvalue weighted by Crippen LogP contribution is 2.36. The normalized spacial score (nSPS) is 19.1. The van der Waals surface area contributed by atoms with E-state index in [1.165, 1.54) is 32.8 Å². The summed E-state index contributed by atoms with van der Waals surface area (Å²) in [7, 11) is 2.94. The van der Waals surface area contributed by atoms with Gasteiger partial charge in [0, 0.05) is 11.6 Å². The van der Waals surface area contributed by atoms with Gasteiger partial charge in [0.05, 0.1) is 26.4 Å². The number of hydrogen-bond donors (Lipinski definition) is 2. The van der Waals surface area contributed by atoms with Gasteiger partial charge < -0.3 is 20.3 Å². The standard InChI is InChI=1S/C16H24FNO3/c1-20-13-8-11(12(17)9-14(13)21-2)15(18)16(19)10-6-4-3-5-7-10/h8-10,15-16,19H,3-7,18H2,1-2H3/t15-,16+/m0/s1. The molecule has 0 saturated heterocycles. The zero-order valence-electron chi connectivity index (χ0n) is 12.6.